The van der Waals surface area contributed by atoms with Gasteiger partial charge in [0.05, 0.1) is 35.6 Å². The summed E-state index contributed by atoms with van der Waals surface area (Å²) in [6.45, 7) is 0.855. The summed E-state index contributed by atoms with van der Waals surface area (Å²) >= 11 is 11.6. The molecule has 0 saturated carbocycles. The van der Waals surface area contributed by atoms with Gasteiger partial charge in [-0.2, -0.15) is 0 Å². The number of amides is 1. The molecule has 0 spiro atoms. The molecule has 0 aliphatic rings. The van der Waals surface area contributed by atoms with Crippen LogP contribution >= 0.6 is 23.2 Å². The predicted octanol–water partition coefficient (Wildman–Crippen LogP) is 1.31. The zero-order valence-corrected chi connectivity index (χ0v) is 11.1. The van der Waals surface area contributed by atoms with Gasteiger partial charge in [-0.1, -0.05) is 23.2 Å². The normalized spacial score (nSPS) is 10.4. The van der Waals surface area contributed by atoms with Crippen LogP contribution in [-0.2, 0) is 4.74 Å². The first-order chi connectivity index (χ1) is 8.56. The highest BCUT2D eigenvalue weighted by Crippen LogP contribution is 2.28. The van der Waals surface area contributed by atoms with Gasteiger partial charge in [0.2, 0.25) is 0 Å². The van der Waals surface area contributed by atoms with Gasteiger partial charge in [0.25, 0.3) is 5.91 Å². The smallest absolute Gasteiger partial charge is 0.251 e. The number of nitrogens with two attached hydrogens (primary N) is 1. The van der Waals surface area contributed by atoms with Crippen molar-refractivity contribution in [3.63, 3.8) is 0 Å². The number of anilines is 1. The number of hydrogen-bond acceptors (Lipinski definition) is 4. The van der Waals surface area contributed by atoms with E-state index in [1.165, 1.54) is 12.1 Å². The van der Waals surface area contributed by atoms with Crippen LogP contribution in [0, 0.1) is 0 Å². The lowest BCUT2D eigenvalue weighted by atomic mass is 10.2. The van der Waals surface area contributed by atoms with Crippen molar-refractivity contribution in [2.45, 2.75) is 0 Å². The second-order valence-electron chi connectivity index (χ2n) is 3.45. The molecule has 1 aromatic rings. The molecule has 0 fully saturated rings. The summed E-state index contributed by atoms with van der Waals surface area (Å²) in [4.78, 5) is 11.7. The molecule has 0 aromatic heterocycles. The number of carbonyl (C=O) groups is 1. The lowest BCUT2D eigenvalue weighted by molar-refractivity contribution is 0.0838. The Hall–Kier alpha value is -1.01. The largest absolute Gasteiger partial charge is 0.396 e. The summed E-state index contributed by atoms with van der Waals surface area (Å²) in [6, 6.07) is 2.90. The summed E-state index contributed by atoms with van der Waals surface area (Å²) in [5.74, 6) is -0.314. The number of nitrogens with one attached hydrogen (secondary N) is 1. The third kappa shape index (κ3) is 4.34. The van der Waals surface area contributed by atoms with Gasteiger partial charge in [0.1, 0.15) is 0 Å². The second kappa shape index (κ2) is 7.43. The molecule has 0 atom stereocenters. The molecule has 100 valence electrons. The van der Waals surface area contributed by atoms with Crippen molar-refractivity contribution in [1.82, 2.24) is 5.32 Å². The van der Waals surface area contributed by atoms with Crippen LogP contribution in [0.2, 0.25) is 10.0 Å². The van der Waals surface area contributed by atoms with Crippen molar-refractivity contribution in [2.75, 3.05) is 32.1 Å². The monoisotopic (exact) mass is 292 g/mol. The van der Waals surface area contributed by atoms with Gasteiger partial charge in [-0.3, -0.25) is 4.79 Å². The van der Waals surface area contributed by atoms with Crippen molar-refractivity contribution in [3.8, 4) is 0 Å². The van der Waals surface area contributed by atoms with Gasteiger partial charge < -0.3 is 20.9 Å². The molecule has 5 nitrogen and oxygen atoms in total. The molecule has 0 heterocycles. The maximum atomic E-state index is 11.7. The Morgan fingerprint density at radius 1 is 1.33 bits per heavy atom. The first-order valence-corrected chi connectivity index (χ1v) is 6.03. The molecule has 0 radical (unpaired) electrons. The van der Waals surface area contributed by atoms with E-state index in [9.17, 15) is 4.79 Å². The number of nitrogen functional groups attached to an aromatic ring is 1. The minimum absolute atomic E-state index is 0.0445. The minimum Gasteiger partial charge on any atom is -0.396 e. The van der Waals surface area contributed by atoms with Crippen LogP contribution in [0.5, 0.6) is 0 Å². The molecule has 0 unspecified atom stereocenters. The Bertz CT molecular complexity index is 404. The van der Waals surface area contributed by atoms with E-state index in [4.69, 9.17) is 38.8 Å². The Kier molecular flexibility index (Phi) is 6.21. The molecular formula is C11H14Cl2N2O3. The predicted molar refractivity (Wildman–Crippen MR) is 71.1 cm³/mol. The molecule has 18 heavy (non-hydrogen) atoms. The number of hydrogen-bond donors (Lipinski definition) is 3. The highest BCUT2D eigenvalue weighted by atomic mass is 35.5. The van der Waals surface area contributed by atoms with E-state index < -0.39 is 0 Å². The third-order valence-electron chi connectivity index (χ3n) is 2.11. The lowest BCUT2D eigenvalue weighted by Gasteiger charge is -2.08. The molecule has 0 aliphatic carbocycles. The van der Waals surface area contributed by atoms with E-state index in [1.807, 2.05) is 0 Å². The SMILES string of the molecule is Nc1c(Cl)cc(C(=O)NCCOCCO)cc1Cl. The van der Waals surface area contributed by atoms with Crippen LogP contribution in [0.4, 0.5) is 5.69 Å². The molecule has 0 aliphatic heterocycles. The summed E-state index contributed by atoms with van der Waals surface area (Å²) < 4.78 is 5.00. The highest BCUT2D eigenvalue weighted by Gasteiger charge is 2.10. The maximum Gasteiger partial charge on any atom is 0.251 e. The van der Waals surface area contributed by atoms with E-state index in [1.54, 1.807) is 0 Å². The number of halogens is 2. The van der Waals surface area contributed by atoms with E-state index in [0.29, 0.717) is 18.7 Å². The minimum atomic E-state index is -0.314. The lowest BCUT2D eigenvalue weighted by Crippen LogP contribution is -2.27. The van der Waals surface area contributed by atoms with Crippen molar-refractivity contribution in [2.24, 2.45) is 0 Å². The Morgan fingerprint density at radius 2 is 1.94 bits per heavy atom. The van der Waals surface area contributed by atoms with E-state index in [0.717, 1.165) is 0 Å². The molecule has 0 bridgehead atoms. The van der Waals surface area contributed by atoms with Crippen LogP contribution in [0.1, 0.15) is 10.4 Å². The van der Waals surface area contributed by atoms with Crippen LogP contribution in [0.25, 0.3) is 0 Å². The molecule has 0 saturated heterocycles. The van der Waals surface area contributed by atoms with Crippen LogP contribution in [0.15, 0.2) is 12.1 Å². The number of ether oxygens (including phenoxy) is 1. The zero-order chi connectivity index (χ0) is 13.5. The fraction of sp³-hybridized carbons (Fsp3) is 0.364. The van der Waals surface area contributed by atoms with Gasteiger partial charge in [0.15, 0.2) is 0 Å². The topological polar surface area (TPSA) is 84.6 Å². The number of carbonyl (C=O) groups excluding carboxylic acids is 1. The van der Waals surface area contributed by atoms with Crippen molar-refractivity contribution >= 4 is 34.8 Å². The van der Waals surface area contributed by atoms with Gasteiger partial charge >= 0.3 is 0 Å². The summed E-state index contributed by atoms with van der Waals surface area (Å²) in [5, 5.41) is 11.6. The van der Waals surface area contributed by atoms with Crippen molar-refractivity contribution in [3.05, 3.63) is 27.7 Å². The molecule has 1 rings (SSSR count). The standard InChI is InChI=1S/C11H14Cl2N2O3/c12-8-5-7(6-9(13)10(8)14)11(17)15-1-3-18-4-2-16/h5-6,16H,1-4,14H2,(H,15,17). The van der Waals surface area contributed by atoms with Gasteiger partial charge in [0, 0.05) is 12.1 Å². The number of aliphatic hydroxyl groups is 1. The molecular weight excluding hydrogens is 279 g/mol. The van der Waals surface area contributed by atoms with E-state index in [2.05, 4.69) is 5.32 Å². The van der Waals surface area contributed by atoms with Gasteiger partial charge in [-0.15, -0.1) is 0 Å². The summed E-state index contributed by atoms with van der Waals surface area (Å²) in [5.41, 5.74) is 6.15. The van der Waals surface area contributed by atoms with Gasteiger partial charge in [-0.05, 0) is 12.1 Å². The van der Waals surface area contributed by atoms with Gasteiger partial charge in [-0.25, -0.2) is 0 Å². The maximum absolute atomic E-state index is 11.7. The molecule has 1 amide bonds. The Morgan fingerprint density at radius 3 is 2.50 bits per heavy atom. The molecule has 4 N–H and O–H groups in total. The quantitative estimate of drug-likeness (QED) is 0.545. The van der Waals surface area contributed by atoms with Crippen molar-refractivity contribution < 1.29 is 14.6 Å². The number of rotatable bonds is 6. The second-order valence-corrected chi connectivity index (χ2v) is 4.26. The average Bonchev–Trinajstić information content (AvgIpc) is 2.34. The molecule has 1 aromatic carbocycles. The summed E-state index contributed by atoms with van der Waals surface area (Å²) in [7, 11) is 0. The molecule has 7 heteroatoms. The van der Waals surface area contributed by atoms with Crippen molar-refractivity contribution in [1.29, 1.82) is 0 Å². The van der Waals surface area contributed by atoms with Crippen LogP contribution in [0.3, 0.4) is 0 Å². The highest BCUT2D eigenvalue weighted by molar-refractivity contribution is 6.39. The number of benzene rings is 1. The first kappa shape index (κ1) is 15.0. The van der Waals surface area contributed by atoms with Crippen LogP contribution in [-0.4, -0.2) is 37.4 Å². The average molecular weight is 293 g/mol. The first-order valence-electron chi connectivity index (χ1n) is 5.27. The fourth-order valence-corrected chi connectivity index (χ4v) is 1.71. The van der Waals surface area contributed by atoms with E-state index >= 15 is 0 Å². The van der Waals surface area contributed by atoms with E-state index in [-0.39, 0.29) is 34.9 Å². The number of aliphatic hydroxyl groups excluding tert-OH is 1. The zero-order valence-electron chi connectivity index (χ0n) is 9.58. The summed E-state index contributed by atoms with van der Waals surface area (Å²) in [6.07, 6.45) is 0. The fourth-order valence-electron chi connectivity index (χ4n) is 1.22. The van der Waals surface area contributed by atoms with Crippen LogP contribution < -0.4 is 11.1 Å². The Labute approximate surface area is 115 Å². The Balaban J connectivity index is 2.52. The third-order valence-corrected chi connectivity index (χ3v) is 2.73.